The van der Waals surface area contributed by atoms with Crippen molar-refractivity contribution in [2.24, 2.45) is 5.41 Å². The van der Waals surface area contributed by atoms with Crippen LogP contribution in [0.5, 0.6) is 0 Å². The highest BCUT2D eigenvalue weighted by molar-refractivity contribution is 5.68. The number of ether oxygens (including phenoxy) is 2. The topological polar surface area (TPSA) is 59.1 Å². The Morgan fingerprint density at radius 1 is 1.30 bits per heavy atom. The van der Waals surface area contributed by atoms with Gasteiger partial charge in [0.05, 0.1) is 7.11 Å². The molecule has 2 aliphatic rings. The zero-order valence-corrected chi connectivity index (χ0v) is 14.4. The average Bonchev–Trinajstić information content (AvgIpc) is 2.86. The number of rotatable bonds is 4. The quantitative estimate of drug-likeness (QED) is 0.449. The van der Waals surface area contributed by atoms with E-state index in [-0.39, 0.29) is 17.3 Å². The van der Waals surface area contributed by atoms with Gasteiger partial charge in [-0.15, -0.1) is 0 Å². The largest absolute Gasteiger partial charge is 0.487 e. The minimum atomic E-state index is -0.450. The molecule has 0 atom stereocenters. The summed E-state index contributed by atoms with van der Waals surface area (Å²) in [4.78, 5) is 26.7. The molecule has 2 aliphatic heterocycles. The predicted molar refractivity (Wildman–Crippen MR) is 86.7 cm³/mol. The van der Waals surface area contributed by atoms with E-state index in [1.807, 2.05) is 31.7 Å². The average molecular weight is 322 g/mol. The molecule has 6 nitrogen and oxygen atoms in total. The summed E-state index contributed by atoms with van der Waals surface area (Å²) >= 11 is 0. The van der Waals surface area contributed by atoms with Crippen molar-refractivity contribution in [3.05, 3.63) is 17.9 Å². The summed E-state index contributed by atoms with van der Waals surface area (Å²) in [6.07, 6.45) is 4.34. The van der Waals surface area contributed by atoms with Gasteiger partial charge in [-0.25, -0.2) is 9.59 Å². The lowest BCUT2D eigenvalue weighted by Crippen LogP contribution is -2.57. The number of carbonyl (C=O) groups excluding carboxylic acids is 2. The molecule has 0 saturated carbocycles. The maximum atomic E-state index is 12.1. The summed E-state index contributed by atoms with van der Waals surface area (Å²) in [7, 11) is 1.45. The van der Waals surface area contributed by atoms with Crippen LogP contribution < -0.4 is 0 Å². The summed E-state index contributed by atoms with van der Waals surface area (Å²) in [5, 5.41) is 0. The van der Waals surface area contributed by atoms with Gasteiger partial charge in [0.1, 0.15) is 5.60 Å². The Balaban J connectivity index is 1.76. The number of carbonyl (C=O) groups is 1. The molecule has 0 aliphatic carbocycles. The second-order valence-corrected chi connectivity index (χ2v) is 7.39. The Kier molecular flexibility index (Phi) is 5.17. The first-order chi connectivity index (χ1) is 10.8. The molecular weight excluding hydrogens is 296 g/mol. The first-order valence-corrected chi connectivity index (χ1v) is 7.93. The van der Waals surface area contributed by atoms with Gasteiger partial charge in [0, 0.05) is 38.1 Å². The number of likely N-dealkylation sites (tertiary alicyclic amines) is 2. The van der Waals surface area contributed by atoms with Crippen molar-refractivity contribution in [3.8, 4) is 0 Å². The molecule has 2 saturated heterocycles. The maximum absolute atomic E-state index is 12.1. The molecule has 23 heavy (non-hydrogen) atoms. The van der Waals surface area contributed by atoms with Gasteiger partial charge in [-0.2, -0.15) is 0 Å². The molecule has 2 heterocycles. The Morgan fingerprint density at radius 2 is 2.00 bits per heavy atom. The third kappa shape index (κ3) is 4.60. The fourth-order valence-electron chi connectivity index (χ4n) is 3.16. The highest BCUT2D eigenvalue weighted by atomic mass is 16.6. The van der Waals surface area contributed by atoms with Crippen molar-refractivity contribution in [1.29, 1.82) is 0 Å². The fourth-order valence-corrected chi connectivity index (χ4v) is 3.16. The molecule has 1 amide bonds. The van der Waals surface area contributed by atoms with E-state index in [0.717, 1.165) is 39.1 Å². The summed E-state index contributed by atoms with van der Waals surface area (Å²) < 4.78 is 10.3. The smallest absolute Gasteiger partial charge is 0.410 e. The van der Waals surface area contributed by atoms with E-state index in [2.05, 4.69) is 4.90 Å². The molecule has 6 heteroatoms. The second-order valence-electron chi connectivity index (χ2n) is 7.39. The number of amides is 1. The molecule has 0 radical (unpaired) electrons. The summed E-state index contributed by atoms with van der Waals surface area (Å²) in [6, 6.07) is 0. The third-order valence-corrected chi connectivity index (χ3v) is 4.16. The fraction of sp³-hybridized carbons (Fsp3) is 0.706. The summed E-state index contributed by atoms with van der Waals surface area (Å²) in [5.74, 6) is 1.93. The van der Waals surface area contributed by atoms with Crippen LogP contribution in [0.2, 0.25) is 0 Å². The van der Waals surface area contributed by atoms with E-state index in [0.29, 0.717) is 0 Å². The molecular formula is C17H26N2O4. The lowest BCUT2D eigenvalue weighted by atomic mass is 9.79. The van der Waals surface area contributed by atoms with Crippen LogP contribution in [0.25, 0.3) is 0 Å². The molecule has 2 rings (SSSR count). The van der Waals surface area contributed by atoms with Crippen molar-refractivity contribution < 1.29 is 19.1 Å². The van der Waals surface area contributed by atoms with Gasteiger partial charge in [-0.1, -0.05) is 6.08 Å². The molecule has 1 spiro atoms. The monoisotopic (exact) mass is 322 g/mol. The Bertz CT molecular complexity index is 523. The van der Waals surface area contributed by atoms with Crippen LogP contribution >= 0.6 is 0 Å². The first kappa shape index (κ1) is 17.6. The molecule has 128 valence electrons. The number of hydrogen-bond acceptors (Lipinski definition) is 5. The Labute approximate surface area is 137 Å². The predicted octanol–water partition coefficient (Wildman–Crippen LogP) is 1.85. The van der Waals surface area contributed by atoms with Gasteiger partial charge in [-0.3, -0.25) is 4.90 Å². The minimum absolute atomic E-state index is 0.204. The minimum Gasteiger partial charge on any atom is -0.487 e. The van der Waals surface area contributed by atoms with Crippen LogP contribution in [0.1, 0.15) is 27.2 Å². The van der Waals surface area contributed by atoms with Gasteiger partial charge in [0.25, 0.3) is 0 Å². The highest BCUT2D eigenvalue weighted by Gasteiger charge is 2.48. The Hall–Kier alpha value is -1.78. The van der Waals surface area contributed by atoms with Crippen LogP contribution in [0, 0.1) is 5.41 Å². The second kappa shape index (κ2) is 6.77. The van der Waals surface area contributed by atoms with Crippen molar-refractivity contribution >= 4 is 12.0 Å². The van der Waals surface area contributed by atoms with E-state index in [1.165, 1.54) is 7.11 Å². The SMILES string of the molecule is COC(=C=O)/C=C/CN1CC2(CCN(C(=O)OC(C)(C)C)C2)C1. The molecule has 0 aromatic heterocycles. The van der Waals surface area contributed by atoms with Gasteiger partial charge >= 0.3 is 6.09 Å². The molecule has 0 N–H and O–H groups in total. The number of nitrogens with zero attached hydrogens (tertiary/aromatic N) is 2. The van der Waals surface area contributed by atoms with Crippen LogP contribution in [0.3, 0.4) is 0 Å². The Morgan fingerprint density at radius 3 is 2.57 bits per heavy atom. The van der Waals surface area contributed by atoms with E-state index >= 15 is 0 Å². The summed E-state index contributed by atoms with van der Waals surface area (Å²) in [5.41, 5.74) is -0.246. The lowest BCUT2D eigenvalue weighted by Gasteiger charge is -2.47. The molecule has 0 aromatic carbocycles. The van der Waals surface area contributed by atoms with Crippen molar-refractivity contribution in [2.75, 3.05) is 39.8 Å². The molecule has 0 bridgehead atoms. The number of allylic oxidation sites excluding steroid dienone is 1. The standard InChI is InChI=1S/C17H26N2O4/c1-16(2,3)23-15(21)19-9-7-17(13-19)11-18(12-17)8-5-6-14(10-20)22-4/h5-6H,7-9,11-13H2,1-4H3/b6-5+. The zero-order valence-electron chi connectivity index (χ0n) is 14.4. The van der Waals surface area contributed by atoms with Gasteiger partial charge in [0.15, 0.2) is 5.94 Å². The maximum Gasteiger partial charge on any atom is 0.410 e. The van der Waals surface area contributed by atoms with Crippen LogP contribution in [-0.2, 0) is 14.3 Å². The van der Waals surface area contributed by atoms with Crippen molar-refractivity contribution in [3.63, 3.8) is 0 Å². The van der Waals surface area contributed by atoms with Gasteiger partial charge in [-0.05, 0) is 33.3 Å². The number of hydrogen-bond donors (Lipinski definition) is 0. The van der Waals surface area contributed by atoms with Crippen LogP contribution in [0.4, 0.5) is 4.79 Å². The first-order valence-electron chi connectivity index (χ1n) is 7.93. The number of methoxy groups -OCH3 is 1. The highest BCUT2D eigenvalue weighted by Crippen LogP contribution is 2.39. The van der Waals surface area contributed by atoms with E-state index < -0.39 is 5.60 Å². The lowest BCUT2D eigenvalue weighted by molar-refractivity contribution is 0.00408. The van der Waals surface area contributed by atoms with Crippen LogP contribution in [0.15, 0.2) is 17.9 Å². The van der Waals surface area contributed by atoms with Gasteiger partial charge < -0.3 is 14.4 Å². The summed E-state index contributed by atoms with van der Waals surface area (Å²) in [6.45, 7) is 9.87. The van der Waals surface area contributed by atoms with Crippen molar-refractivity contribution in [1.82, 2.24) is 9.80 Å². The van der Waals surface area contributed by atoms with Gasteiger partial charge in [0.2, 0.25) is 5.76 Å². The van der Waals surface area contributed by atoms with E-state index in [9.17, 15) is 9.59 Å². The van der Waals surface area contributed by atoms with Crippen molar-refractivity contribution in [2.45, 2.75) is 32.8 Å². The molecule has 2 fully saturated rings. The van der Waals surface area contributed by atoms with Crippen LogP contribution in [-0.4, -0.2) is 67.3 Å². The van der Waals surface area contributed by atoms with E-state index in [4.69, 9.17) is 9.47 Å². The zero-order chi connectivity index (χ0) is 17.1. The van der Waals surface area contributed by atoms with E-state index in [1.54, 1.807) is 12.0 Å². The normalized spacial score (nSPS) is 20.4. The molecule has 0 aromatic rings. The third-order valence-electron chi connectivity index (χ3n) is 4.16. The molecule has 0 unspecified atom stereocenters.